The Labute approximate surface area is 75.0 Å². The molecule has 3 heteroatoms. The first kappa shape index (κ1) is 8.63. The van der Waals surface area contributed by atoms with E-state index < -0.39 is 17.2 Å². The lowest BCUT2D eigenvalue weighted by Gasteiger charge is -2.07. The highest BCUT2D eigenvalue weighted by Gasteiger charge is 2.40. The lowest BCUT2D eigenvalue weighted by atomic mass is 10.1. The molecule has 1 saturated carbocycles. The molecule has 0 bridgehead atoms. The van der Waals surface area contributed by atoms with Gasteiger partial charge in [0.25, 0.3) is 0 Å². The molecule has 1 nitrogen and oxygen atoms in total. The molecule has 0 spiro atoms. The van der Waals surface area contributed by atoms with Crippen LogP contribution < -0.4 is 0 Å². The summed E-state index contributed by atoms with van der Waals surface area (Å²) < 4.78 is 25.7. The molecular weight excluding hydrogens is 174 g/mol. The van der Waals surface area contributed by atoms with Gasteiger partial charge in [-0.3, -0.25) is 0 Å². The van der Waals surface area contributed by atoms with Gasteiger partial charge in [-0.25, -0.2) is 8.78 Å². The van der Waals surface area contributed by atoms with E-state index in [1.54, 1.807) is 0 Å². The molecule has 0 aromatic heterocycles. The standard InChI is InChI=1S/C10H10F2O/c11-8-1-2-9(12)7(5-8)6-10(13)3-4-10/h1-2,5,13H,3-4,6H2. The maximum atomic E-state index is 13.0. The molecule has 0 saturated heterocycles. The van der Waals surface area contributed by atoms with Gasteiger partial charge in [0, 0.05) is 6.42 Å². The Balaban J connectivity index is 2.23. The lowest BCUT2D eigenvalue weighted by molar-refractivity contribution is 0.149. The Morgan fingerprint density at radius 1 is 1.31 bits per heavy atom. The van der Waals surface area contributed by atoms with Crippen molar-refractivity contribution in [2.24, 2.45) is 0 Å². The smallest absolute Gasteiger partial charge is 0.126 e. The van der Waals surface area contributed by atoms with Gasteiger partial charge in [-0.05, 0) is 36.6 Å². The molecule has 1 fully saturated rings. The van der Waals surface area contributed by atoms with Gasteiger partial charge in [0.15, 0.2) is 0 Å². The molecule has 1 aliphatic carbocycles. The van der Waals surface area contributed by atoms with Gasteiger partial charge in [-0.15, -0.1) is 0 Å². The van der Waals surface area contributed by atoms with Crippen LogP contribution in [0.3, 0.4) is 0 Å². The Hall–Kier alpha value is -0.960. The van der Waals surface area contributed by atoms with Crippen LogP contribution in [0.5, 0.6) is 0 Å². The third kappa shape index (κ3) is 1.86. The van der Waals surface area contributed by atoms with Crippen LogP contribution in [0.1, 0.15) is 18.4 Å². The average molecular weight is 184 g/mol. The summed E-state index contributed by atoms with van der Waals surface area (Å²) in [5, 5.41) is 9.51. The third-order valence-corrected chi connectivity index (χ3v) is 2.35. The Morgan fingerprint density at radius 2 is 2.00 bits per heavy atom. The van der Waals surface area contributed by atoms with E-state index in [4.69, 9.17) is 0 Å². The molecule has 1 aliphatic rings. The molecule has 13 heavy (non-hydrogen) atoms. The van der Waals surface area contributed by atoms with Gasteiger partial charge in [-0.2, -0.15) is 0 Å². The topological polar surface area (TPSA) is 20.2 Å². The summed E-state index contributed by atoms with van der Waals surface area (Å²) >= 11 is 0. The number of benzene rings is 1. The molecule has 0 amide bonds. The van der Waals surface area contributed by atoms with Crippen molar-refractivity contribution < 1.29 is 13.9 Å². The predicted molar refractivity (Wildman–Crippen MR) is 44.2 cm³/mol. The number of aliphatic hydroxyl groups is 1. The zero-order valence-corrected chi connectivity index (χ0v) is 7.06. The van der Waals surface area contributed by atoms with E-state index in [9.17, 15) is 13.9 Å². The number of halogens is 2. The molecule has 0 atom stereocenters. The van der Waals surface area contributed by atoms with Crippen LogP contribution in [-0.2, 0) is 6.42 Å². The van der Waals surface area contributed by atoms with E-state index in [1.807, 2.05) is 0 Å². The van der Waals surface area contributed by atoms with Crippen molar-refractivity contribution in [1.82, 2.24) is 0 Å². The molecule has 1 N–H and O–H groups in total. The lowest BCUT2D eigenvalue weighted by Crippen LogP contribution is -2.12. The van der Waals surface area contributed by atoms with Crippen LogP contribution >= 0.6 is 0 Å². The molecule has 0 heterocycles. The summed E-state index contributed by atoms with van der Waals surface area (Å²) in [6.07, 6.45) is 1.59. The highest BCUT2D eigenvalue weighted by atomic mass is 19.1. The summed E-state index contributed by atoms with van der Waals surface area (Å²) in [4.78, 5) is 0. The van der Waals surface area contributed by atoms with Gasteiger partial charge in [0.1, 0.15) is 11.6 Å². The normalized spacial score (nSPS) is 18.7. The maximum Gasteiger partial charge on any atom is 0.126 e. The minimum absolute atomic E-state index is 0.219. The van der Waals surface area contributed by atoms with Gasteiger partial charge >= 0.3 is 0 Å². The van der Waals surface area contributed by atoms with Crippen molar-refractivity contribution >= 4 is 0 Å². The molecule has 2 rings (SSSR count). The Bertz CT molecular complexity index is 332. The third-order valence-electron chi connectivity index (χ3n) is 2.35. The van der Waals surface area contributed by atoms with E-state index in [1.165, 1.54) is 0 Å². The molecule has 0 unspecified atom stereocenters. The minimum atomic E-state index is -0.769. The van der Waals surface area contributed by atoms with E-state index in [-0.39, 0.29) is 12.0 Å². The number of hydrogen-bond donors (Lipinski definition) is 1. The van der Waals surface area contributed by atoms with Crippen LogP contribution in [0.4, 0.5) is 8.78 Å². The molecular formula is C10H10F2O. The Kier molecular flexibility index (Phi) is 1.84. The quantitative estimate of drug-likeness (QED) is 0.745. The largest absolute Gasteiger partial charge is 0.390 e. The summed E-state index contributed by atoms with van der Waals surface area (Å²) in [6, 6.07) is 3.32. The minimum Gasteiger partial charge on any atom is -0.390 e. The van der Waals surface area contributed by atoms with Gasteiger partial charge in [-0.1, -0.05) is 0 Å². The van der Waals surface area contributed by atoms with Gasteiger partial charge < -0.3 is 5.11 Å². The SMILES string of the molecule is OC1(Cc2cc(F)ccc2F)CC1. The van der Waals surface area contributed by atoms with Crippen molar-refractivity contribution in [3.63, 3.8) is 0 Å². The second kappa shape index (κ2) is 2.77. The van der Waals surface area contributed by atoms with Crippen LogP contribution in [-0.4, -0.2) is 10.7 Å². The molecule has 1 aromatic carbocycles. The van der Waals surface area contributed by atoms with Crippen molar-refractivity contribution in [1.29, 1.82) is 0 Å². The van der Waals surface area contributed by atoms with Crippen LogP contribution in [0.25, 0.3) is 0 Å². The average Bonchev–Trinajstić information content (AvgIpc) is 2.76. The predicted octanol–water partition coefficient (Wildman–Crippen LogP) is 2.03. The molecule has 0 radical (unpaired) electrons. The highest BCUT2D eigenvalue weighted by molar-refractivity contribution is 5.22. The first-order valence-electron chi connectivity index (χ1n) is 4.25. The second-order valence-electron chi connectivity index (χ2n) is 3.64. The summed E-state index contributed by atoms with van der Waals surface area (Å²) in [5.41, 5.74) is -0.505. The fourth-order valence-electron chi connectivity index (χ4n) is 1.35. The molecule has 70 valence electrons. The highest BCUT2D eigenvalue weighted by Crippen LogP contribution is 2.38. The molecule has 0 aliphatic heterocycles. The number of hydrogen-bond acceptors (Lipinski definition) is 1. The van der Waals surface area contributed by atoms with E-state index >= 15 is 0 Å². The monoisotopic (exact) mass is 184 g/mol. The zero-order chi connectivity index (χ0) is 9.47. The van der Waals surface area contributed by atoms with Crippen molar-refractivity contribution in [2.45, 2.75) is 24.9 Å². The van der Waals surface area contributed by atoms with Crippen molar-refractivity contribution in [3.8, 4) is 0 Å². The fraction of sp³-hybridized carbons (Fsp3) is 0.400. The van der Waals surface area contributed by atoms with Crippen molar-refractivity contribution in [2.75, 3.05) is 0 Å². The zero-order valence-electron chi connectivity index (χ0n) is 7.06. The Morgan fingerprint density at radius 3 is 2.62 bits per heavy atom. The van der Waals surface area contributed by atoms with Gasteiger partial charge in [0.05, 0.1) is 5.60 Å². The van der Waals surface area contributed by atoms with Crippen LogP contribution in [0.2, 0.25) is 0 Å². The number of rotatable bonds is 2. The second-order valence-corrected chi connectivity index (χ2v) is 3.64. The fourth-order valence-corrected chi connectivity index (χ4v) is 1.35. The summed E-state index contributed by atoms with van der Waals surface area (Å²) in [6.45, 7) is 0. The summed E-state index contributed by atoms with van der Waals surface area (Å²) in [5.74, 6) is -0.901. The van der Waals surface area contributed by atoms with Crippen LogP contribution in [0.15, 0.2) is 18.2 Å². The maximum absolute atomic E-state index is 13.0. The van der Waals surface area contributed by atoms with Crippen LogP contribution in [0, 0.1) is 11.6 Å². The van der Waals surface area contributed by atoms with E-state index in [0.29, 0.717) is 12.8 Å². The van der Waals surface area contributed by atoms with Crippen molar-refractivity contribution in [3.05, 3.63) is 35.4 Å². The van der Waals surface area contributed by atoms with E-state index in [0.717, 1.165) is 18.2 Å². The first-order chi connectivity index (χ1) is 6.09. The summed E-state index contributed by atoms with van der Waals surface area (Å²) in [7, 11) is 0. The molecule has 1 aromatic rings. The van der Waals surface area contributed by atoms with Gasteiger partial charge in [0.2, 0.25) is 0 Å². The van der Waals surface area contributed by atoms with E-state index in [2.05, 4.69) is 0 Å². The first-order valence-corrected chi connectivity index (χ1v) is 4.25.